The van der Waals surface area contributed by atoms with E-state index in [1.165, 1.54) is 5.57 Å². The first-order chi connectivity index (χ1) is 9.49. The highest BCUT2D eigenvalue weighted by molar-refractivity contribution is 5.15. The van der Waals surface area contributed by atoms with Gasteiger partial charge in [-0.2, -0.15) is 0 Å². The molecule has 3 unspecified atom stereocenters. The highest BCUT2D eigenvalue weighted by atomic mass is 16.5. The van der Waals surface area contributed by atoms with Crippen molar-refractivity contribution in [2.75, 3.05) is 6.61 Å². The van der Waals surface area contributed by atoms with E-state index in [0.717, 1.165) is 6.42 Å². The van der Waals surface area contributed by atoms with Crippen LogP contribution in [0.3, 0.4) is 0 Å². The van der Waals surface area contributed by atoms with E-state index < -0.39 is 12.2 Å². The molecular weight excluding hydrogens is 252 g/mol. The van der Waals surface area contributed by atoms with E-state index in [9.17, 15) is 10.2 Å². The van der Waals surface area contributed by atoms with Crippen LogP contribution in [0, 0.1) is 5.92 Å². The first kappa shape index (κ1) is 16.7. The SMILES string of the molecule is C=C(/C=C/C=C/C1CCC(O)C(O)C1)OCC=C(C)C. The second kappa shape index (κ2) is 8.77. The van der Waals surface area contributed by atoms with E-state index in [1.54, 1.807) is 0 Å². The highest BCUT2D eigenvalue weighted by Gasteiger charge is 2.25. The summed E-state index contributed by atoms with van der Waals surface area (Å²) in [6, 6.07) is 0. The van der Waals surface area contributed by atoms with Crippen LogP contribution in [-0.2, 0) is 4.74 Å². The van der Waals surface area contributed by atoms with Crippen LogP contribution < -0.4 is 0 Å². The van der Waals surface area contributed by atoms with Gasteiger partial charge in [-0.3, -0.25) is 0 Å². The molecule has 0 aliphatic heterocycles. The molecule has 0 aromatic heterocycles. The number of hydrogen-bond donors (Lipinski definition) is 2. The van der Waals surface area contributed by atoms with Crippen molar-refractivity contribution in [1.29, 1.82) is 0 Å². The summed E-state index contributed by atoms with van der Waals surface area (Å²) in [6.45, 7) is 8.41. The number of rotatable bonds is 6. The molecule has 112 valence electrons. The van der Waals surface area contributed by atoms with Gasteiger partial charge >= 0.3 is 0 Å². The summed E-state index contributed by atoms with van der Waals surface area (Å²) in [6.07, 6.45) is 10.8. The standard InChI is InChI=1S/C17H26O3/c1-13(2)10-11-20-14(3)6-4-5-7-15-8-9-16(18)17(19)12-15/h4-7,10,15-19H,3,8-9,11-12H2,1-2H3/b6-4+,7-5+. The molecule has 0 aromatic carbocycles. The maximum atomic E-state index is 9.59. The van der Waals surface area contributed by atoms with E-state index in [1.807, 2.05) is 38.2 Å². The topological polar surface area (TPSA) is 49.7 Å². The maximum absolute atomic E-state index is 9.59. The summed E-state index contributed by atoms with van der Waals surface area (Å²) in [7, 11) is 0. The summed E-state index contributed by atoms with van der Waals surface area (Å²) >= 11 is 0. The average Bonchev–Trinajstić information content (AvgIpc) is 2.38. The average molecular weight is 278 g/mol. The van der Waals surface area contributed by atoms with Crippen molar-refractivity contribution in [1.82, 2.24) is 0 Å². The molecule has 3 heteroatoms. The van der Waals surface area contributed by atoms with Gasteiger partial charge in [0.2, 0.25) is 0 Å². The Morgan fingerprint density at radius 3 is 2.60 bits per heavy atom. The van der Waals surface area contributed by atoms with E-state index in [0.29, 0.717) is 31.1 Å². The van der Waals surface area contributed by atoms with Crippen molar-refractivity contribution >= 4 is 0 Å². The molecule has 1 saturated carbocycles. The Morgan fingerprint density at radius 1 is 1.20 bits per heavy atom. The first-order valence-corrected chi connectivity index (χ1v) is 7.15. The van der Waals surface area contributed by atoms with Gasteiger partial charge in [0, 0.05) is 0 Å². The van der Waals surface area contributed by atoms with Crippen LogP contribution in [0.25, 0.3) is 0 Å². The Hall–Kier alpha value is -1.32. The number of allylic oxidation sites excluding steroid dienone is 5. The molecule has 0 bridgehead atoms. The van der Waals surface area contributed by atoms with Gasteiger partial charge in [-0.1, -0.05) is 30.4 Å². The van der Waals surface area contributed by atoms with E-state index in [2.05, 4.69) is 12.7 Å². The van der Waals surface area contributed by atoms with Crippen molar-refractivity contribution in [2.24, 2.45) is 5.92 Å². The quantitative estimate of drug-likeness (QED) is 0.446. The van der Waals surface area contributed by atoms with E-state index in [4.69, 9.17) is 4.74 Å². The van der Waals surface area contributed by atoms with Crippen LogP contribution in [0.4, 0.5) is 0 Å². The molecule has 2 N–H and O–H groups in total. The summed E-state index contributed by atoms with van der Waals surface area (Å²) in [4.78, 5) is 0. The normalized spacial score (nSPS) is 26.9. The van der Waals surface area contributed by atoms with Gasteiger partial charge < -0.3 is 14.9 Å². The summed E-state index contributed by atoms with van der Waals surface area (Å²) in [5, 5.41) is 19.0. The van der Waals surface area contributed by atoms with Crippen molar-refractivity contribution in [3.05, 3.63) is 48.3 Å². The molecule has 0 aromatic rings. The number of hydrogen-bond acceptors (Lipinski definition) is 3. The van der Waals surface area contributed by atoms with E-state index >= 15 is 0 Å². The predicted molar refractivity (Wildman–Crippen MR) is 82.2 cm³/mol. The lowest BCUT2D eigenvalue weighted by molar-refractivity contribution is -0.0189. The molecule has 0 heterocycles. The molecule has 0 amide bonds. The predicted octanol–water partition coefficient (Wildman–Crippen LogP) is 3.12. The monoisotopic (exact) mass is 278 g/mol. The minimum Gasteiger partial charge on any atom is -0.490 e. The van der Waals surface area contributed by atoms with Gasteiger partial charge in [0.15, 0.2) is 0 Å². The molecule has 0 spiro atoms. The Morgan fingerprint density at radius 2 is 1.95 bits per heavy atom. The first-order valence-electron chi connectivity index (χ1n) is 7.15. The molecule has 1 rings (SSSR count). The highest BCUT2D eigenvalue weighted by Crippen LogP contribution is 2.25. The Balaban J connectivity index is 2.28. The molecular formula is C17H26O3. The molecule has 1 aliphatic carbocycles. The lowest BCUT2D eigenvalue weighted by Gasteiger charge is -2.28. The van der Waals surface area contributed by atoms with Crippen LogP contribution in [0.1, 0.15) is 33.1 Å². The van der Waals surface area contributed by atoms with Crippen molar-refractivity contribution in [3.63, 3.8) is 0 Å². The second-order valence-electron chi connectivity index (χ2n) is 5.51. The lowest BCUT2D eigenvalue weighted by atomic mass is 9.85. The van der Waals surface area contributed by atoms with Gasteiger partial charge in [-0.15, -0.1) is 0 Å². The Kier molecular flexibility index (Phi) is 7.34. The van der Waals surface area contributed by atoms with Crippen molar-refractivity contribution < 1.29 is 14.9 Å². The zero-order chi connectivity index (χ0) is 15.0. The third-order valence-electron chi connectivity index (χ3n) is 3.36. The molecule has 0 saturated heterocycles. The third-order valence-corrected chi connectivity index (χ3v) is 3.36. The molecule has 1 aliphatic rings. The van der Waals surface area contributed by atoms with Gasteiger partial charge in [-0.05, 0) is 51.2 Å². The number of aliphatic hydroxyl groups excluding tert-OH is 2. The molecule has 0 radical (unpaired) electrons. The summed E-state index contributed by atoms with van der Waals surface area (Å²) in [5.41, 5.74) is 1.22. The minimum absolute atomic E-state index is 0.331. The summed E-state index contributed by atoms with van der Waals surface area (Å²) < 4.78 is 5.41. The maximum Gasteiger partial charge on any atom is 0.112 e. The number of aliphatic hydroxyl groups is 2. The van der Waals surface area contributed by atoms with Crippen LogP contribution in [-0.4, -0.2) is 29.0 Å². The number of ether oxygens (including phenoxy) is 1. The zero-order valence-corrected chi connectivity index (χ0v) is 12.5. The van der Waals surface area contributed by atoms with Gasteiger partial charge in [-0.25, -0.2) is 0 Å². The lowest BCUT2D eigenvalue weighted by Crippen LogP contribution is -2.32. The Bertz CT molecular complexity index is 389. The van der Waals surface area contributed by atoms with Gasteiger partial charge in [0.05, 0.1) is 12.2 Å². The third kappa shape index (κ3) is 6.73. The molecule has 1 fully saturated rings. The fraction of sp³-hybridized carbons (Fsp3) is 0.529. The Labute approximate surface area is 122 Å². The van der Waals surface area contributed by atoms with Gasteiger partial charge in [0.1, 0.15) is 12.4 Å². The van der Waals surface area contributed by atoms with Crippen LogP contribution in [0.2, 0.25) is 0 Å². The smallest absolute Gasteiger partial charge is 0.112 e. The van der Waals surface area contributed by atoms with Crippen LogP contribution in [0.15, 0.2) is 48.3 Å². The summed E-state index contributed by atoms with van der Waals surface area (Å²) in [5.74, 6) is 0.962. The fourth-order valence-corrected chi connectivity index (χ4v) is 2.08. The van der Waals surface area contributed by atoms with Crippen LogP contribution in [0.5, 0.6) is 0 Å². The minimum atomic E-state index is -0.593. The van der Waals surface area contributed by atoms with Crippen LogP contribution >= 0.6 is 0 Å². The molecule has 20 heavy (non-hydrogen) atoms. The molecule has 3 nitrogen and oxygen atoms in total. The zero-order valence-electron chi connectivity index (χ0n) is 12.5. The fourth-order valence-electron chi connectivity index (χ4n) is 2.08. The second-order valence-corrected chi connectivity index (χ2v) is 5.51. The largest absolute Gasteiger partial charge is 0.490 e. The van der Waals surface area contributed by atoms with Crippen molar-refractivity contribution in [3.8, 4) is 0 Å². The van der Waals surface area contributed by atoms with Crippen molar-refractivity contribution in [2.45, 2.75) is 45.3 Å². The molecule has 3 atom stereocenters. The van der Waals surface area contributed by atoms with Gasteiger partial charge in [0.25, 0.3) is 0 Å². The van der Waals surface area contributed by atoms with E-state index in [-0.39, 0.29) is 0 Å².